The van der Waals surface area contributed by atoms with Crippen LogP contribution < -0.4 is 0 Å². The van der Waals surface area contributed by atoms with Gasteiger partial charge in [-0.2, -0.15) is 0 Å². The molecule has 2 fully saturated rings. The molecule has 0 aromatic carbocycles. The summed E-state index contributed by atoms with van der Waals surface area (Å²) in [5, 5.41) is 20.0. The fraction of sp³-hybridized carbons (Fsp3) is 1.00. The number of aliphatic hydroxyl groups excluding tert-OH is 2. The van der Waals surface area contributed by atoms with E-state index >= 15 is 0 Å². The van der Waals surface area contributed by atoms with Crippen molar-refractivity contribution in [2.45, 2.75) is 48.9 Å². The molecule has 8 atom stereocenters. The van der Waals surface area contributed by atoms with E-state index < -0.39 is 49.3 Å². The Morgan fingerprint density at radius 2 is 1.92 bits per heavy atom. The number of ether oxygens (including phenoxy) is 3. The lowest BCUT2D eigenvalue weighted by atomic mass is 9.93. The van der Waals surface area contributed by atoms with E-state index in [2.05, 4.69) is 0 Å². The molecular formula is C12H21B2O9PS. The van der Waals surface area contributed by atoms with Gasteiger partial charge in [-0.25, -0.2) is 4.57 Å². The maximum Gasteiger partial charge on any atom is 0.416 e. The van der Waals surface area contributed by atoms with Crippen molar-refractivity contribution >= 4 is 34.2 Å². The highest BCUT2D eigenvalue weighted by molar-refractivity contribution is 8.52. The highest BCUT2D eigenvalue weighted by Crippen LogP contribution is 2.62. The van der Waals surface area contributed by atoms with Gasteiger partial charge in [-0.15, -0.1) is 0 Å². The van der Waals surface area contributed by atoms with Crippen LogP contribution in [0, 0.1) is 0 Å². The molecule has 2 heterocycles. The minimum atomic E-state index is -3.89. The summed E-state index contributed by atoms with van der Waals surface area (Å²) in [7, 11) is 14.1. The van der Waals surface area contributed by atoms with Crippen molar-refractivity contribution < 1.29 is 42.2 Å². The number of aliphatic hydroxyl groups is 2. The smallest absolute Gasteiger partial charge is 0.390 e. The molecule has 0 aromatic rings. The van der Waals surface area contributed by atoms with Gasteiger partial charge in [-0.3, -0.25) is 9.05 Å². The lowest BCUT2D eigenvalue weighted by Crippen LogP contribution is -2.36. The summed E-state index contributed by atoms with van der Waals surface area (Å²) in [4.78, 5) is 0. The fourth-order valence-corrected chi connectivity index (χ4v) is 5.03. The molecule has 2 aliphatic rings. The monoisotopic (exact) mass is 394 g/mol. The number of hydrogen-bond acceptors (Lipinski definition) is 10. The largest absolute Gasteiger partial charge is 0.416 e. The van der Waals surface area contributed by atoms with E-state index in [0.29, 0.717) is 11.7 Å². The molecule has 4 radical (unpaired) electrons. The predicted octanol–water partition coefficient (Wildman–Crippen LogP) is -0.664. The quantitative estimate of drug-likeness (QED) is 0.297. The van der Waals surface area contributed by atoms with Crippen LogP contribution in [0.4, 0.5) is 0 Å². The third kappa shape index (κ3) is 5.68. The molecule has 2 saturated heterocycles. The summed E-state index contributed by atoms with van der Waals surface area (Å²) >= 11 is 0.459. The van der Waals surface area contributed by atoms with Crippen molar-refractivity contribution in [3.63, 3.8) is 0 Å². The highest BCUT2D eigenvalue weighted by Gasteiger charge is 2.47. The first kappa shape index (κ1) is 21.7. The van der Waals surface area contributed by atoms with Crippen LogP contribution in [0.2, 0.25) is 0 Å². The second kappa shape index (κ2) is 9.54. The van der Waals surface area contributed by atoms with Gasteiger partial charge in [0.15, 0.2) is 0 Å². The highest BCUT2D eigenvalue weighted by atomic mass is 32.7. The Morgan fingerprint density at radius 3 is 2.48 bits per heavy atom. The van der Waals surface area contributed by atoms with Crippen molar-refractivity contribution in [1.29, 1.82) is 0 Å². The van der Waals surface area contributed by atoms with E-state index in [4.69, 9.17) is 43.1 Å². The molecule has 2 aliphatic heterocycles. The van der Waals surface area contributed by atoms with Gasteiger partial charge in [-0.1, -0.05) is 0 Å². The topological polar surface area (TPSA) is 113 Å². The molecule has 2 N–H and O–H groups in total. The average Bonchev–Trinajstić information content (AvgIpc) is 2.99. The van der Waals surface area contributed by atoms with Gasteiger partial charge in [0, 0.05) is 19.1 Å². The molecule has 0 aromatic heterocycles. The minimum Gasteiger partial charge on any atom is -0.390 e. The number of methoxy groups -OCH3 is 1. The zero-order chi connectivity index (χ0) is 18.6. The van der Waals surface area contributed by atoms with Gasteiger partial charge in [0.05, 0.1) is 26.4 Å². The van der Waals surface area contributed by atoms with E-state index in [-0.39, 0.29) is 19.6 Å². The number of hydrogen-bond donors (Lipinski definition) is 2. The molecule has 0 bridgehead atoms. The van der Waals surface area contributed by atoms with Gasteiger partial charge in [0.1, 0.15) is 51.8 Å². The lowest BCUT2D eigenvalue weighted by Gasteiger charge is -2.25. The Hall–Kier alpha value is 0.390. The molecule has 13 heteroatoms. The van der Waals surface area contributed by atoms with E-state index in [1.54, 1.807) is 0 Å². The molecule has 9 nitrogen and oxygen atoms in total. The number of rotatable bonds is 9. The van der Waals surface area contributed by atoms with E-state index in [1.165, 1.54) is 14.2 Å². The Bertz CT molecular complexity index is 476. The van der Waals surface area contributed by atoms with Crippen LogP contribution in [-0.4, -0.2) is 95.9 Å². The van der Waals surface area contributed by atoms with Gasteiger partial charge in [-0.05, 0) is 6.42 Å². The second-order valence-electron chi connectivity index (χ2n) is 5.66. The molecule has 2 rings (SSSR count). The Kier molecular flexibility index (Phi) is 8.28. The van der Waals surface area contributed by atoms with Crippen molar-refractivity contribution in [2.24, 2.45) is 0 Å². The lowest BCUT2D eigenvalue weighted by molar-refractivity contribution is -0.0216. The maximum absolute atomic E-state index is 12.8. The molecule has 140 valence electrons. The van der Waals surface area contributed by atoms with Gasteiger partial charge in [0.25, 0.3) is 0 Å². The predicted molar refractivity (Wildman–Crippen MR) is 90.4 cm³/mol. The summed E-state index contributed by atoms with van der Waals surface area (Å²) in [5.74, 6) is 0. The van der Waals surface area contributed by atoms with Crippen molar-refractivity contribution in [3.05, 3.63) is 0 Å². The van der Waals surface area contributed by atoms with Crippen LogP contribution in [0.15, 0.2) is 0 Å². The molecule has 0 amide bonds. The summed E-state index contributed by atoms with van der Waals surface area (Å²) in [6.07, 6.45) is -4.33. The van der Waals surface area contributed by atoms with E-state index in [9.17, 15) is 14.8 Å². The van der Waals surface area contributed by atoms with Crippen LogP contribution in [0.5, 0.6) is 0 Å². The van der Waals surface area contributed by atoms with E-state index in [1.807, 2.05) is 0 Å². The minimum absolute atomic E-state index is 0.0945. The van der Waals surface area contributed by atoms with Crippen LogP contribution >= 0.6 is 18.5 Å². The first-order valence-corrected chi connectivity index (χ1v) is 10.5. The SMILES string of the molecule is [B][C@@H]1O[C@H](COC)[C@@H](O)[C@H]1OP(=O)(OC[C@H]1O[C@@H]([B])C[C@@H]1O)SOC. The van der Waals surface area contributed by atoms with Crippen molar-refractivity contribution in [2.75, 3.05) is 27.4 Å². The standard InChI is InChI=1S/C12H21B2O9PS/c1-18-4-8-10(16)11(12(14)22-8)23-24(17,25-19-2)20-5-7-6(15)3-9(13)21-7/h6-12,15-16H,3-5H2,1-2H3/t6-,7+,8+,9+,10+,11+,12+,24?/m0/s1. The molecule has 0 aliphatic carbocycles. The zero-order valence-corrected chi connectivity index (χ0v) is 15.6. The second-order valence-corrected chi connectivity index (χ2v) is 9.29. The van der Waals surface area contributed by atoms with Gasteiger partial charge in [0.2, 0.25) is 0 Å². The summed E-state index contributed by atoms with van der Waals surface area (Å²) in [5.41, 5.74) is 0. The van der Waals surface area contributed by atoms with Crippen LogP contribution in [0.25, 0.3) is 0 Å². The molecule has 0 spiro atoms. The van der Waals surface area contributed by atoms with Gasteiger partial charge >= 0.3 is 6.80 Å². The Morgan fingerprint density at radius 1 is 1.20 bits per heavy atom. The summed E-state index contributed by atoms with van der Waals surface area (Å²) < 4.78 is 43.9. The Balaban J connectivity index is 1.97. The van der Waals surface area contributed by atoms with Crippen molar-refractivity contribution in [1.82, 2.24) is 0 Å². The summed E-state index contributed by atoms with van der Waals surface area (Å²) in [6, 6.07) is -1.64. The normalized spacial score (nSPS) is 41.0. The average molecular weight is 394 g/mol. The third-order valence-electron chi connectivity index (χ3n) is 3.77. The van der Waals surface area contributed by atoms with Crippen molar-refractivity contribution in [3.8, 4) is 0 Å². The van der Waals surface area contributed by atoms with Crippen LogP contribution in [-0.2, 0) is 32.0 Å². The zero-order valence-electron chi connectivity index (χ0n) is 13.9. The molecule has 1 unspecified atom stereocenters. The first-order valence-electron chi connectivity index (χ1n) is 7.62. The molecule has 0 saturated carbocycles. The first-order chi connectivity index (χ1) is 11.8. The Labute approximate surface area is 153 Å². The van der Waals surface area contributed by atoms with Crippen LogP contribution in [0.3, 0.4) is 0 Å². The summed E-state index contributed by atoms with van der Waals surface area (Å²) in [6.45, 7) is -4.02. The molecule has 25 heavy (non-hydrogen) atoms. The van der Waals surface area contributed by atoms with Crippen LogP contribution in [0.1, 0.15) is 6.42 Å². The third-order valence-corrected chi connectivity index (χ3v) is 6.64. The maximum atomic E-state index is 12.8. The molecular weight excluding hydrogens is 373 g/mol. The van der Waals surface area contributed by atoms with E-state index in [0.717, 1.165) is 0 Å². The fourth-order valence-electron chi connectivity index (χ4n) is 2.58. The van der Waals surface area contributed by atoms with Gasteiger partial charge < -0.3 is 28.6 Å².